The second-order valence-electron chi connectivity index (χ2n) is 5.68. The molecular formula is C12H25N11O6. The molecular weight excluding hydrogens is 394 g/mol. The van der Waals surface area contributed by atoms with Gasteiger partial charge in [-0.05, 0) is 30.7 Å². The number of guanidine groups is 2. The van der Waals surface area contributed by atoms with Crippen LogP contribution in [0.1, 0.15) is 25.7 Å². The number of hydrazine groups is 2. The van der Waals surface area contributed by atoms with Gasteiger partial charge in [-0.3, -0.25) is 19.6 Å². The van der Waals surface area contributed by atoms with Gasteiger partial charge in [0.05, 0.1) is 0 Å². The van der Waals surface area contributed by atoms with Crippen LogP contribution in [0.25, 0.3) is 0 Å². The summed E-state index contributed by atoms with van der Waals surface area (Å²) in [6.07, 6.45) is -0.286. The van der Waals surface area contributed by atoms with E-state index >= 15 is 0 Å². The molecule has 17 heteroatoms. The maximum atomic E-state index is 12.6. The van der Waals surface area contributed by atoms with Crippen molar-refractivity contribution < 1.29 is 19.7 Å². The molecule has 0 fully saturated rings. The number of amides is 2. The standard InChI is InChI=1S/C12H25N11O6/c13-9(24)8(4-2-6-19-12(16)17)21(23(28)29)10(25)7(20-22(26)27)3-1-5-18-11(14)15/h7-8,20H,1-6H2,(H2,13,24)(H4,14,15,18)(H4,16,17,19)/t7-,8-/m0/s1. The number of nitrogens with two attached hydrogens (primary N) is 5. The molecule has 0 aromatic rings. The Bertz CT molecular complexity index is 659. The minimum absolute atomic E-state index is 0.0282. The Balaban J connectivity index is 5.43. The first-order valence-electron chi connectivity index (χ1n) is 8.25. The average Bonchev–Trinajstić information content (AvgIpc) is 2.58. The molecule has 17 nitrogen and oxygen atoms in total. The van der Waals surface area contributed by atoms with Gasteiger partial charge in [-0.15, -0.1) is 5.43 Å². The van der Waals surface area contributed by atoms with Crippen LogP contribution >= 0.6 is 0 Å². The molecule has 2 atom stereocenters. The summed E-state index contributed by atoms with van der Waals surface area (Å²) in [5.41, 5.74) is 27.5. The van der Waals surface area contributed by atoms with E-state index in [4.69, 9.17) is 28.7 Å². The number of nitrogens with one attached hydrogen (secondary N) is 1. The second kappa shape index (κ2) is 12.5. The van der Waals surface area contributed by atoms with Crippen molar-refractivity contribution in [1.82, 2.24) is 10.4 Å². The van der Waals surface area contributed by atoms with Crippen molar-refractivity contribution in [3.05, 3.63) is 20.2 Å². The number of aliphatic imine (C=N–C) groups is 2. The van der Waals surface area contributed by atoms with E-state index in [0.29, 0.717) is 0 Å². The summed E-state index contributed by atoms with van der Waals surface area (Å²) in [6, 6.07) is -3.29. The van der Waals surface area contributed by atoms with Crippen molar-refractivity contribution >= 4 is 23.7 Å². The SMILES string of the molecule is NC(=O)[C@H](CCCN=C(N)N)N(C(=O)[C@H](CCCN=C(N)N)N[N+](=O)[O-])[N+](=O)[O-]. The third-order valence-corrected chi connectivity index (χ3v) is 3.46. The van der Waals surface area contributed by atoms with Crippen LogP contribution in [0.5, 0.6) is 0 Å². The van der Waals surface area contributed by atoms with Gasteiger partial charge in [0.1, 0.15) is 0 Å². The number of carbonyl (C=O) groups excluding carboxylic acids is 2. The quantitative estimate of drug-likeness (QED) is 0.0519. The molecule has 0 saturated heterocycles. The van der Waals surface area contributed by atoms with Crippen LogP contribution in [0.2, 0.25) is 0 Å². The first-order valence-corrected chi connectivity index (χ1v) is 8.25. The fraction of sp³-hybridized carbons (Fsp3) is 0.667. The van der Waals surface area contributed by atoms with Crippen LogP contribution in [0.4, 0.5) is 0 Å². The largest absolute Gasteiger partial charge is 0.370 e. The van der Waals surface area contributed by atoms with Gasteiger partial charge in [0.2, 0.25) is 5.91 Å². The Hall–Kier alpha value is -3.92. The monoisotopic (exact) mass is 419 g/mol. The van der Waals surface area contributed by atoms with E-state index in [1.807, 2.05) is 0 Å². The number of rotatable bonds is 14. The normalized spacial score (nSPS) is 12.1. The van der Waals surface area contributed by atoms with Crippen LogP contribution in [-0.2, 0) is 9.59 Å². The van der Waals surface area contributed by atoms with E-state index < -0.39 is 34.0 Å². The zero-order valence-electron chi connectivity index (χ0n) is 15.5. The van der Waals surface area contributed by atoms with Gasteiger partial charge >= 0.3 is 5.91 Å². The maximum Gasteiger partial charge on any atom is 0.312 e. The highest BCUT2D eigenvalue weighted by atomic mass is 16.7. The Kier molecular flexibility index (Phi) is 10.8. The number of hydrogen-bond donors (Lipinski definition) is 6. The molecule has 11 N–H and O–H groups in total. The molecule has 0 rings (SSSR count). The lowest BCUT2D eigenvalue weighted by Gasteiger charge is -2.23. The van der Waals surface area contributed by atoms with Crippen LogP contribution in [-0.4, -0.2) is 64.0 Å². The number of primary amides is 1. The number of carbonyl (C=O) groups is 2. The Morgan fingerprint density at radius 1 is 0.931 bits per heavy atom. The summed E-state index contributed by atoms with van der Waals surface area (Å²) >= 11 is 0. The molecule has 0 spiro atoms. The summed E-state index contributed by atoms with van der Waals surface area (Å²) < 4.78 is 0. The van der Waals surface area contributed by atoms with Crippen LogP contribution in [0, 0.1) is 20.2 Å². The van der Waals surface area contributed by atoms with Crippen molar-refractivity contribution in [2.24, 2.45) is 38.7 Å². The summed E-state index contributed by atoms with van der Waals surface area (Å²) in [5, 5.41) is 20.0. The second-order valence-corrected chi connectivity index (χ2v) is 5.68. The fourth-order valence-corrected chi connectivity index (χ4v) is 2.26. The lowest BCUT2D eigenvalue weighted by atomic mass is 10.1. The van der Waals surface area contributed by atoms with Crippen LogP contribution in [0.3, 0.4) is 0 Å². The molecule has 164 valence electrons. The van der Waals surface area contributed by atoms with E-state index in [1.54, 1.807) is 5.43 Å². The third-order valence-electron chi connectivity index (χ3n) is 3.46. The van der Waals surface area contributed by atoms with E-state index in [1.165, 1.54) is 0 Å². The molecule has 0 radical (unpaired) electrons. The van der Waals surface area contributed by atoms with Gasteiger partial charge in [0.25, 0.3) is 0 Å². The molecule has 0 aliphatic rings. The van der Waals surface area contributed by atoms with Crippen molar-refractivity contribution in [2.75, 3.05) is 13.1 Å². The molecule has 0 aromatic heterocycles. The van der Waals surface area contributed by atoms with Gasteiger partial charge in [0, 0.05) is 13.1 Å². The molecule has 29 heavy (non-hydrogen) atoms. The first-order chi connectivity index (χ1) is 13.5. The zero-order chi connectivity index (χ0) is 22.6. The van der Waals surface area contributed by atoms with Crippen molar-refractivity contribution in [2.45, 2.75) is 37.8 Å². The Morgan fingerprint density at radius 3 is 1.79 bits per heavy atom. The van der Waals surface area contributed by atoms with E-state index in [2.05, 4.69) is 9.98 Å². The minimum Gasteiger partial charge on any atom is -0.370 e. The molecule has 0 bridgehead atoms. The number of nitrogens with zero attached hydrogens (tertiary/aromatic N) is 5. The molecule has 0 heterocycles. The van der Waals surface area contributed by atoms with Crippen molar-refractivity contribution in [1.29, 1.82) is 0 Å². The van der Waals surface area contributed by atoms with Crippen LogP contribution in [0.15, 0.2) is 9.98 Å². The lowest BCUT2D eigenvalue weighted by Crippen LogP contribution is -2.57. The van der Waals surface area contributed by atoms with Crippen LogP contribution < -0.4 is 34.1 Å². The fourth-order valence-electron chi connectivity index (χ4n) is 2.26. The first kappa shape index (κ1) is 25.1. The average molecular weight is 419 g/mol. The zero-order valence-corrected chi connectivity index (χ0v) is 15.5. The topological polar surface area (TPSA) is 291 Å². The molecule has 0 aliphatic carbocycles. The maximum absolute atomic E-state index is 12.6. The van der Waals surface area contributed by atoms with Gasteiger partial charge in [-0.2, -0.15) is 0 Å². The van der Waals surface area contributed by atoms with Gasteiger partial charge in [0.15, 0.2) is 34.1 Å². The highest BCUT2D eigenvalue weighted by molar-refractivity contribution is 5.88. The van der Waals surface area contributed by atoms with E-state index in [9.17, 15) is 29.8 Å². The summed E-state index contributed by atoms with van der Waals surface area (Å²) in [4.78, 5) is 53.8. The molecule has 0 saturated carbocycles. The summed E-state index contributed by atoms with van der Waals surface area (Å²) in [5.74, 6) is -2.93. The molecule has 0 aromatic carbocycles. The Labute approximate surface area is 164 Å². The minimum atomic E-state index is -1.67. The summed E-state index contributed by atoms with van der Waals surface area (Å²) in [6.45, 7) is 0.0582. The van der Waals surface area contributed by atoms with E-state index in [0.717, 1.165) is 0 Å². The predicted octanol–water partition coefficient (Wildman–Crippen LogP) is -3.88. The smallest absolute Gasteiger partial charge is 0.312 e. The summed E-state index contributed by atoms with van der Waals surface area (Å²) in [7, 11) is 0. The number of nitro groups is 2. The highest BCUT2D eigenvalue weighted by Crippen LogP contribution is 2.12. The van der Waals surface area contributed by atoms with Gasteiger partial charge in [-0.1, -0.05) is 0 Å². The highest BCUT2D eigenvalue weighted by Gasteiger charge is 2.42. The van der Waals surface area contributed by atoms with Gasteiger partial charge < -0.3 is 28.7 Å². The van der Waals surface area contributed by atoms with Crippen molar-refractivity contribution in [3.8, 4) is 0 Å². The van der Waals surface area contributed by atoms with Gasteiger partial charge in [-0.25, -0.2) is 20.2 Å². The number of hydrogen-bond acceptors (Lipinski definition) is 8. The third kappa shape index (κ3) is 10.1. The predicted molar refractivity (Wildman–Crippen MR) is 101 cm³/mol. The molecule has 0 aliphatic heterocycles. The lowest BCUT2D eigenvalue weighted by molar-refractivity contribution is -0.641. The molecule has 0 unspecified atom stereocenters. The Morgan fingerprint density at radius 2 is 1.41 bits per heavy atom. The molecule has 2 amide bonds. The van der Waals surface area contributed by atoms with Crippen molar-refractivity contribution in [3.63, 3.8) is 0 Å². The van der Waals surface area contributed by atoms with E-state index in [-0.39, 0.29) is 55.7 Å².